The summed E-state index contributed by atoms with van der Waals surface area (Å²) < 4.78 is 2.33. The van der Waals surface area contributed by atoms with E-state index >= 15 is 0 Å². The molecule has 0 fully saturated rings. The first-order valence-corrected chi connectivity index (χ1v) is 5.14. The molecule has 2 rings (SSSR count). The van der Waals surface area contributed by atoms with E-state index in [1.807, 2.05) is 6.33 Å². The van der Waals surface area contributed by atoms with Gasteiger partial charge in [0.1, 0.15) is 0 Å². The van der Waals surface area contributed by atoms with Crippen LogP contribution in [-0.4, -0.2) is 9.55 Å². The van der Waals surface area contributed by atoms with Gasteiger partial charge in [0.2, 0.25) is 0 Å². The fraction of sp³-hybridized carbons (Fsp3) is 0.727. The van der Waals surface area contributed by atoms with Crippen LogP contribution in [0.4, 0.5) is 0 Å². The van der Waals surface area contributed by atoms with Gasteiger partial charge in [-0.15, -0.1) is 0 Å². The van der Waals surface area contributed by atoms with Crippen molar-refractivity contribution in [1.29, 1.82) is 0 Å². The summed E-state index contributed by atoms with van der Waals surface area (Å²) in [6, 6.07) is 0. The van der Waals surface area contributed by atoms with Crippen LogP contribution in [0.15, 0.2) is 6.33 Å². The molecular weight excluding hydrogens is 160 g/mol. The lowest BCUT2D eigenvalue weighted by molar-refractivity contribution is 0.379. The molecule has 0 aliphatic heterocycles. The third kappa shape index (κ3) is 1.50. The van der Waals surface area contributed by atoms with Gasteiger partial charge in [-0.05, 0) is 46.5 Å². The van der Waals surface area contributed by atoms with Crippen molar-refractivity contribution in [2.75, 3.05) is 0 Å². The Morgan fingerprint density at radius 3 is 2.62 bits per heavy atom. The first-order valence-electron chi connectivity index (χ1n) is 5.14. The largest absolute Gasteiger partial charge is 0.329 e. The van der Waals surface area contributed by atoms with Crippen molar-refractivity contribution in [3.63, 3.8) is 0 Å². The fourth-order valence-corrected chi connectivity index (χ4v) is 2.05. The lowest BCUT2D eigenvalue weighted by Crippen LogP contribution is -2.24. The summed E-state index contributed by atoms with van der Waals surface area (Å²) in [6.45, 7) is 6.72. The molecular formula is C11H18N2. The van der Waals surface area contributed by atoms with Crippen molar-refractivity contribution >= 4 is 0 Å². The molecule has 72 valence electrons. The van der Waals surface area contributed by atoms with Gasteiger partial charge in [-0.3, -0.25) is 0 Å². The van der Waals surface area contributed by atoms with Crippen LogP contribution in [0.2, 0.25) is 0 Å². The van der Waals surface area contributed by atoms with Crippen LogP contribution in [0.25, 0.3) is 0 Å². The summed E-state index contributed by atoms with van der Waals surface area (Å²) in [5.41, 5.74) is 3.00. The van der Waals surface area contributed by atoms with Gasteiger partial charge in [0.05, 0.1) is 12.0 Å². The maximum atomic E-state index is 4.49. The Kier molecular flexibility index (Phi) is 1.94. The van der Waals surface area contributed by atoms with Crippen molar-refractivity contribution in [2.45, 2.75) is 52.0 Å². The van der Waals surface area contributed by atoms with Crippen LogP contribution in [0.3, 0.4) is 0 Å². The molecule has 0 saturated carbocycles. The SMILES string of the molecule is CC(C)(C)n1cnc2c1CCCC2. The van der Waals surface area contributed by atoms with Crippen LogP contribution >= 0.6 is 0 Å². The second-order valence-electron chi connectivity index (χ2n) is 4.89. The number of aryl methyl sites for hydroxylation is 1. The summed E-state index contributed by atoms with van der Waals surface area (Å²) in [7, 11) is 0. The van der Waals surface area contributed by atoms with E-state index in [2.05, 4.69) is 30.3 Å². The van der Waals surface area contributed by atoms with E-state index in [-0.39, 0.29) is 5.54 Å². The standard InChI is InChI=1S/C11H18N2/c1-11(2,3)13-8-12-9-6-4-5-7-10(9)13/h8H,4-7H2,1-3H3. The number of rotatable bonds is 0. The Labute approximate surface area is 80.0 Å². The third-order valence-electron chi connectivity index (χ3n) is 2.75. The van der Waals surface area contributed by atoms with Crippen LogP contribution in [0, 0.1) is 0 Å². The van der Waals surface area contributed by atoms with Crippen LogP contribution in [-0.2, 0) is 18.4 Å². The van der Waals surface area contributed by atoms with E-state index in [4.69, 9.17) is 0 Å². The Bertz CT molecular complexity index is 304. The van der Waals surface area contributed by atoms with Crippen LogP contribution in [0.1, 0.15) is 45.0 Å². The Balaban J connectivity index is 2.43. The minimum atomic E-state index is 0.192. The molecule has 2 heteroatoms. The average molecular weight is 178 g/mol. The Morgan fingerprint density at radius 2 is 1.92 bits per heavy atom. The topological polar surface area (TPSA) is 17.8 Å². The normalized spacial score (nSPS) is 17.2. The molecule has 0 bridgehead atoms. The van der Waals surface area contributed by atoms with Crippen LogP contribution < -0.4 is 0 Å². The molecule has 0 unspecified atom stereocenters. The fourth-order valence-electron chi connectivity index (χ4n) is 2.05. The predicted molar refractivity (Wildman–Crippen MR) is 53.9 cm³/mol. The molecule has 1 aliphatic rings. The van der Waals surface area contributed by atoms with E-state index in [1.165, 1.54) is 37.1 Å². The zero-order chi connectivity index (χ0) is 9.47. The van der Waals surface area contributed by atoms with Gasteiger partial charge in [-0.25, -0.2) is 4.98 Å². The molecule has 0 atom stereocenters. The zero-order valence-corrected chi connectivity index (χ0v) is 8.80. The Morgan fingerprint density at radius 1 is 1.23 bits per heavy atom. The van der Waals surface area contributed by atoms with Crippen molar-refractivity contribution in [3.05, 3.63) is 17.7 Å². The molecule has 1 aliphatic carbocycles. The van der Waals surface area contributed by atoms with Gasteiger partial charge in [0.15, 0.2) is 0 Å². The average Bonchev–Trinajstić information content (AvgIpc) is 2.45. The first kappa shape index (κ1) is 8.79. The molecule has 0 radical (unpaired) electrons. The highest BCUT2D eigenvalue weighted by atomic mass is 15.1. The molecule has 0 amide bonds. The summed E-state index contributed by atoms with van der Waals surface area (Å²) in [5, 5.41) is 0. The summed E-state index contributed by atoms with van der Waals surface area (Å²) in [5.74, 6) is 0. The molecule has 1 heterocycles. The van der Waals surface area contributed by atoms with E-state index in [0.29, 0.717) is 0 Å². The number of nitrogens with zero attached hydrogens (tertiary/aromatic N) is 2. The minimum Gasteiger partial charge on any atom is -0.329 e. The monoisotopic (exact) mass is 178 g/mol. The number of hydrogen-bond donors (Lipinski definition) is 0. The lowest BCUT2D eigenvalue weighted by Gasteiger charge is -2.25. The minimum absolute atomic E-state index is 0.192. The van der Waals surface area contributed by atoms with Gasteiger partial charge in [-0.1, -0.05) is 0 Å². The smallest absolute Gasteiger partial charge is 0.0956 e. The predicted octanol–water partition coefficient (Wildman–Crippen LogP) is 2.52. The maximum absolute atomic E-state index is 4.49. The quantitative estimate of drug-likeness (QED) is 0.597. The molecule has 0 saturated heterocycles. The van der Waals surface area contributed by atoms with Gasteiger partial charge >= 0.3 is 0 Å². The highest BCUT2D eigenvalue weighted by Gasteiger charge is 2.21. The van der Waals surface area contributed by atoms with Crippen molar-refractivity contribution < 1.29 is 0 Å². The van der Waals surface area contributed by atoms with Crippen molar-refractivity contribution in [2.24, 2.45) is 0 Å². The summed E-state index contributed by atoms with van der Waals surface area (Å²) in [6.07, 6.45) is 7.05. The highest BCUT2D eigenvalue weighted by Crippen LogP contribution is 2.25. The zero-order valence-electron chi connectivity index (χ0n) is 8.80. The van der Waals surface area contributed by atoms with Crippen molar-refractivity contribution in [1.82, 2.24) is 9.55 Å². The van der Waals surface area contributed by atoms with Gasteiger partial charge in [0.25, 0.3) is 0 Å². The number of hydrogen-bond acceptors (Lipinski definition) is 1. The van der Waals surface area contributed by atoms with E-state index in [9.17, 15) is 0 Å². The summed E-state index contributed by atoms with van der Waals surface area (Å²) in [4.78, 5) is 4.49. The molecule has 0 spiro atoms. The maximum Gasteiger partial charge on any atom is 0.0956 e. The lowest BCUT2D eigenvalue weighted by atomic mass is 9.99. The van der Waals surface area contributed by atoms with Gasteiger partial charge in [-0.2, -0.15) is 0 Å². The van der Waals surface area contributed by atoms with E-state index in [0.717, 1.165) is 0 Å². The van der Waals surface area contributed by atoms with Crippen LogP contribution in [0.5, 0.6) is 0 Å². The number of fused-ring (bicyclic) bond motifs is 1. The molecule has 1 aromatic rings. The van der Waals surface area contributed by atoms with E-state index in [1.54, 1.807) is 0 Å². The molecule has 0 aromatic carbocycles. The number of aromatic nitrogens is 2. The third-order valence-corrected chi connectivity index (χ3v) is 2.75. The van der Waals surface area contributed by atoms with Gasteiger partial charge in [0, 0.05) is 11.2 Å². The number of imidazole rings is 1. The summed E-state index contributed by atoms with van der Waals surface area (Å²) >= 11 is 0. The first-order chi connectivity index (χ1) is 6.09. The molecule has 13 heavy (non-hydrogen) atoms. The van der Waals surface area contributed by atoms with Crippen molar-refractivity contribution in [3.8, 4) is 0 Å². The van der Waals surface area contributed by atoms with Gasteiger partial charge < -0.3 is 4.57 Å². The highest BCUT2D eigenvalue weighted by molar-refractivity contribution is 5.17. The second-order valence-corrected chi connectivity index (χ2v) is 4.89. The second kappa shape index (κ2) is 2.86. The Hall–Kier alpha value is -0.790. The molecule has 1 aromatic heterocycles. The molecule has 2 nitrogen and oxygen atoms in total. The van der Waals surface area contributed by atoms with E-state index < -0.39 is 0 Å². The molecule has 0 N–H and O–H groups in total.